The zero-order valence-corrected chi connectivity index (χ0v) is 18.1. The van der Waals surface area contributed by atoms with E-state index in [1.54, 1.807) is 24.3 Å². The molecular formula is C24H19N5O5. The second kappa shape index (κ2) is 7.45. The van der Waals surface area contributed by atoms with E-state index < -0.39 is 16.2 Å². The number of Topliss-reactive ketones (excluding diaryl/α,β-unsaturated/α-hetero) is 1. The number of carbonyl (C=O) groups is 2. The Bertz CT molecular complexity index is 1400. The van der Waals surface area contributed by atoms with Gasteiger partial charge in [-0.05, 0) is 31.0 Å². The standard InChI is InChI=1S/C24H19N5O5/c1-34-13-9-10-17(19(11-13)29(32)33)28-18-7-4-8-20(30)21(18)24(15(12-25)22(28)26)14-5-2-3-6-16(14)27-23(24)31/h2-3,5-6,9-11H,4,7-8,26H2,1H3,(H,27,31). The number of anilines is 2. The summed E-state index contributed by atoms with van der Waals surface area (Å²) < 4.78 is 5.13. The number of nitrogens with two attached hydrogens (primary N) is 1. The van der Waals surface area contributed by atoms with E-state index in [9.17, 15) is 25.0 Å². The molecule has 1 spiro atoms. The number of benzene rings is 2. The minimum absolute atomic E-state index is 0.0831. The molecule has 2 aromatic carbocycles. The Morgan fingerprint density at radius 2 is 2.00 bits per heavy atom. The maximum Gasteiger partial charge on any atom is 0.296 e. The molecule has 5 rings (SSSR count). The van der Waals surface area contributed by atoms with Crippen LogP contribution >= 0.6 is 0 Å². The Morgan fingerprint density at radius 1 is 1.24 bits per heavy atom. The molecule has 0 bridgehead atoms. The van der Waals surface area contributed by atoms with Crippen LogP contribution in [0.1, 0.15) is 24.8 Å². The first-order chi connectivity index (χ1) is 16.4. The zero-order chi connectivity index (χ0) is 24.2. The summed E-state index contributed by atoms with van der Waals surface area (Å²) in [6, 6.07) is 13.2. The number of nitrogens with one attached hydrogen (secondary N) is 1. The Hall–Kier alpha value is -4.65. The van der Waals surface area contributed by atoms with E-state index in [0.717, 1.165) is 0 Å². The average Bonchev–Trinajstić information content (AvgIpc) is 3.11. The first kappa shape index (κ1) is 21.2. The van der Waals surface area contributed by atoms with Crippen molar-refractivity contribution in [3.05, 3.63) is 80.8 Å². The molecule has 10 nitrogen and oxygen atoms in total. The van der Waals surface area contributed by atoms with Crippen molar-refractivity contribution in [2.45, 2.75) is 24.7 Å². The lowest BCUT2D eigenvalue weighted by atomic mass is 9.64. The lowest BCUT2D eigenvalue weighted by molar-refractivity contribution is -0.384. The number of nitrogens with zero attached hydrogens (tertiary/aromatic N) is 3. The predicted molar refractivity (Wildman–Crippen MR) is 122 cm³/mol. The molecule has 0 saturated carbocycles. The zero-order valence-electron chi connectivity index (χ0n) is 18.1. The maximum absolute atomic E-state index is 13.5. The summed E-state index contributed by atoms with van der Waals surface area (Å²) in [5, 5.41) is 25.0. The van der Waals surface area contributed by atoms with Crippen molar-refractivity contribution in [3.8, 4) is 11.8 Å². The second-order valence-electron chi connectivity index (χ2n) is 8.17. The fraction of sp³-hybridized carbons (Fsp3) is 0.208. The van der Waals surface area contributed by atoms with E-state index in [2.05, 4.69) is 11.4 Å². The smallest absolute Gasteiger partial charge is 0.296 e. The van der Waals surface area contributed by atoms with Gasteiger partial charge in [-0.2, -0.15) is 5.26 Å². The number of hydrogen-bond acceptors (Lipinski definition) is 8. The molecule has 10 heteroatoms. The van der Waals surface area contributed by atoms with Gasteiger partial charge in [0.25, 0.3) is 5.69 Å². The number of hydrogen-bond donors (Lipinski definition) is 2. The van der Waals surface area contributed by atoms with Crippen molar-refractivity contribution < 1.29 is 19.2 Å². The van der Waals surface area contributed by atoms with Crippen molar-refractivity contribution in [2.24, 2.45) is 5.73 Å². The van der Waals surface area contributed by atoms with Crippen molar-refractivity contribution >= 4 is 28.8 Å². The largest absolute Gasteiger partial charge is 0.496 e. The van der Waals surface area contributed by atoms with Crippen LogP contribution in [0.5, 0.6) is 5.75 Å². The van der Waals surface area contributed by atoms with Gasteiger partial charge in [0, 0.05) is 28.9 Å². The lowest BCUT2D eigenvalue weighted by Crippen LogP contribution is -2.50. The van der Waals surface area contributed by atoms with Crippen LogP contribution < -0.4 is 20.7 Å². The topological polar surface area (TPSA) is 152 Å². The molecule has 34 heavy (non-hydrogen) atoms. The number of amides is 1. The predicted octanol–water partition coefficient (Wildman–Crippen LogP) is 3.01. The van der Waals surface area contributed by atoms with Crippen LogP contribution in [0.25, 0.3) is 0 Å². The van der Waals surface area contributed by atoms with Gasteiger partial charge in [0.15, 0.2) is 5.78 Å². The number of nitriles is 1. The van der Waals surface area contributed by atoms with Gasteiger partial charge in [0.1, 0.15) is 28.7 Å². The normalized spacial score (nSPS) is 21.2. The van der Waals surface area contributed by atoms with Gasteiger partial charge in [-0.3, -0.25) is 24.6 Å². The van der Waals surface area contributed by atoms with Gasteiger partial charge < -0.3 is 15.8 Å². The van der Waals surface area contributed by atoms with E-state index in [4.69, 9.17) is 10.5 Å². The number of nitro groups is 1. The molecule has 3 aliphatic rings. The first-order valence-electron chi connectivity index (χ1n) is 10.6. The highest BCUT2D eigenvalue weighted by molar-refractivity contribution is 6.19. The third kappa shape index (κ3) is 2.61. The Balaban J connectivity index is 1.88. The van der Waals surface area contributed by atoms with Crippen molar-refractivity contribution in [1.82, 2.24) is 0 Å². The van der Waals surface area contributed by atoms with Gasteiger partial charge in [0.2, 0.25) is 5.91 Å². The number of ketones is 1. The average molecular weight is 457 g/mol. The third-order valence-corrected chi connectivity index (χ3v) is 6.55. The van der Waals surface area contributed by atoms with Gasteiger partial charge >= 0.3 is 0 Å². The highest BCUT2D eigenvalue weighted by atomic mass is 16.6. The minimum atomic E-state index is -1.71. The summed E-state index contributed by atoms with van der Waals surface area (Å²) in [6.07, 6.45) is 1.01. The maximum atomic E-state index is 13.5. The van der Waals surface area contributed by atoms with E-state index in [-0.39, 0.29) is 46.3 Å². The monoisotopic (exact) mass is 457 g/mol. The lowest BCUT2D eigenvalue weighted by Gasteiger charge is -2.43. The van der Waals surface area contributed by atoms with Crippen molar-refractivity contribution in [2.75, 3.05) is 17.3 Å². The number of rotatable bonds is 3. The summed E-state index contributed by atoms with van der Waals surface area (Å²) in [5.74, 6) is -0.699. The number of fused-ring (bicyclic) bond motifs is 3. The second-order valence-corrected chi connectivity index (χ2v) is 8.17. The Kier molecular flexibility index (Phi) is 4.65. The van der Waals surface area contributed by atoms with Crippen LogP contribution in [0.3, 0.4) is 0 Å². The summed E-state index contributed by atoms with van der Waals surface area (Å²) in [4.78, 5) is 39.7. The van der Waals surface area contributed by atoms with E-state index in [1.807, 2.05) is 0 Å². The van der Waals surface area contributed by atoms with E-state index in [0.29, 0.717) is 29.8 Å². The minimum Gasteiger partial charge on any atom is -0.496 e. The summed E-state index contributed by atoms with van der Waals surface area (Å²) in [6.45, 7) is 0. The molecule has 2 aromatic rings. The molecule has 1 amide bonds. The van der Waals surface area contributed by atoms with Crippen molar-refractivity contribution in [1.29, 1.82) is 5.26 Å². The molecule has 170 valence electrons. The molecule has 3 N–H and O–H groups in total. The number of allylic oxidation sites excluding steroid dienone is 1. The van der Waals surface area contributed by atoms with Crippen LogP contribution in [0, 0.1) is 21.4 Å². The first-order valence-corrected chi connectivity index (χ1v) is 10.6. The molecule has 0 radical (unpaired) electrons. The van der Waals surface area contributed by atoms with Crippen LogP contribution in [0.2, 0.25) is 0 Å². The van der Waals surface area contributed by atoms with Crippen LogP contribution in [0.15, 0.2) is 65.1 Å². The molecule has 0 aromatic heterocycles. The van der Waals surface area contributed by atoms with E-state index in [1.165, 1.54) is 30.2 Å². The van der Waals surface area contributed by atoms with Gasteiger partial charge in [-0.25, -0.2) is 0 Å². The van der Waals surface area contributed by atoms with Crippen LogP contribution in [-0.2, 0) is 15.0 Å². The summed E-state index contributed by atoms with van der Waals surface area (Å²) in [7, 11) is 1.39. The number of carbonyl (C=O) groups excluding carboxylic acids is 2. The third-order valence-electron chi connectivity index (χ3n) is 6.55. The number of para-hydroxylation sites is 1. The SMILES string of the molecule is COc1ccc(N2C(N)=C(C#N)C3(C(=O)Nc4ccccc43)C3=C2CCCC3=O)c([N+](=O)[O-])c1. The molecule has 0 fully saturated rings. The van der Waals surface area contributed by atoms with Crippen molar-refractivity contribution in [3.63, 3.8) is 0 Å². The van der Waals surface area contributed by atoms with Crippen LogP contribution in [0.4, 0.5) is 17.1 Å². The molecule has 2 heterocycles. The summed E-state index contributed by atoms with van der Waals surface area (Å²) >= 11 is 0. The Morgan fingerprint density at radius 3 is 2.71 bits per heavy atom. The van der Waals surface area contributed by atoms with E-state index >= 15 is 0 Å². The molecule has 1 unspecified atom stereocenters. The van der Waals surface area contributed by atoms with Gasteiger partial charge in [0.05, 0.1) is 23.7 Å². The van der Waals surface area contributed by atoms with Crippen LogP contribution in [-0.4, -0.2) is 23.7 Å². The highest BCUT2D eigenvalue weighted by Crippen LogP contribution is 2.55. The molecule has 1 aliphatic carbocycles. The quantitative estimate of drug-likeness (QED) is 0.527. The summed E-state index contributed by atoms with van der Waals surface area (Å²) in [5.41, 5.74) is 5.93. The molecule has 2 aliphatic heterocycles. The van der Waals surface area contributed by atoms with Gasteiger partial charge in [-0.1, -0.05) is 18.2 Å². The Labute approximate surface area is 194 Å². The fourth-order valence-corrected chi connectivity index (χ4v) is 5.19. The number of ether oxygens (including phenoxy) is 1. The van der Waals surface area contributed by atoms with Gasteiger partial charge in [-0.15, -0.1) is 0 Å². The molecule has 0 saturated heterocycles. The fourth-order valence-electron chi connectivity index (χ4n) is 5.19. The highest BCUT2D eigenvalue weighted by Gasteiger charge is 2.60. The number of nitro benzene ring substituents is 1. The number of methoxy groups -OCH3 is 1. The molecule has 1 atom stereocenters. The molecular weight excluding hydrogens is 438 g/mol.